The van der Waals surface area contributed by atoms with Gasteiger partial charge in [-0.25, -0.2) is 4.98 Å². The Morgan fingerprint density at radius 3 is 2.52 bits per heavy atom. The van der Waals surface area contributed by atoms with Gasteiger partial charge in [0.15, 0.2) is 5.76 Å². The van der Waals surface area contributed by atoms with Crippen molar-refractivity contribution in [1.82, 2.24) is 9.66 Å². The minimum Gasteiger partial charge on any atom is -0.481 e. The van der Waals surface area contributed by atoms with E-state index in [1.165, 1.54) is 36.5 Å². The molecule has 218 valence electrons. The normalized spacial score (nSPS) is 11.4. The highest BCUT2D eigenvalue weighted by Crippen LogP contribution is 2.35. The molecule has 0 unspecified atom stereocenters. The Kier molecular flexibility index (Phi) is 7.64. The Hall–Kier alpha value is -5.40. The standard InChI is InChI=1S/C30H17BrClN5O7/c31-20-11-19(28(25(14-20)37(41)42)43-16-17-5-8-22(9-6-17)36(39)40)15-33-35-29(34-24-4-2-1-3-23(24)30(35)38)27-13-18-12-21(32)7-10-26(18)44-27/h1-15H,16H2. The number of halogens is 2. The molecule has 0 aliphatic rings. The summed E-state index contributed by atoms with van der Waals surface area (Å²) in [5.41, 5.74) is 0.691. The van der Waals surface area contributed by atoms with Gasteiger partial charge >= 0.3 is 5.69 Å². The molecule has 0 spiro atoms. The maximum absolute atomic E-state index is 13.7. The van der Waals surface area contributed by atoms with Crippen LogP contribution in [0.25, 0.3) is 33.5 Å². The molecule has 0 N–H and O–H groups in total. The molecule has 12 nitrogen and oxygen atoms in total. The number of para-hydroxylation sites is 1. The van der Waals surface area contributed by atoms with Gasteiger partial charge in [-0.2, -0.15) is 9.78 Å². The second kappa shape index (κ2) is 11.7. The van der Waals surface area contributed by atoms with Crippen molar-refractivity contribution in [1.29, 1.82) is 0 Å². The molecule has 0 amide bonds. The largest absolute Gasteiger partial charge is 0.481 e. The van der Waals surface area contributed by atoms with Crippen LogP contribution in [0.3, 0.4) is 0 Å². The van der Waals surface area contributed by atoms with Gasteiger partial charge in [-0.3, -0.25) is 25.0 Å². The van der Waals surface area contributed by atoms with Crippen LogP contribution in [-0.4, -0.2) is 25.7 Å². The third-order valence-corrected chi connectivity index (χ3v) is 7.25. The molecule has 6 rings (SSSR count). The number of non-ortho nitro benzene ring substituents is 1. The summed E-state index contributed by atoms with van der Waals surface area (Å²) in [4.78, 5) is 40.1. The summed E-state index contributed by atoms with van der Waals surface area (Å²) >= 11 is 9.44. The second-order valence-corrected chi connectivity index (χ2v) is 10.8. The zero-order valence-corrected chi connectivity index (χ0v) is 24.6. The van der Waals surface area contributed by atoms with Crippen LogP contribution >= 0.6 is 27.5 Å². The van der Waals surface area contributed by atoms with Crippen molar-refractivity contribution in [2.24, 2.45) is 5.10 Å². The molecule has 0 radical (unpaired) electrons. The van der Waals surface area contributed by atoms with E-state index in [0.717, 1.165) is 4.68 Å². The van der Waals surface area contributed by atoms with Gasteiger partial charge in [0.25, 0.3) is 11.2 Å². The molecule has 0 bridgehead atoms. The van der Waals surface area contributed by atoms with E-state index in [1.54, 1.807) is 54.6 Å². The van der Waals surface area contributed by atoms with Crippen molar-refractivity contribution in [2.45, 2.75) is 6.61 Å². The molecule has 2 heterocycles. The third-order valence-electron chi connectivity index (χ3n) is 6.55. The highest BCUT2D eigenvalue weighted by molar-refractivity contribution is 9.10. The highest BCUT2D eigenvalue weighted by atomic mass is 79.9. The Balaban J connectivity index is 1.46. The van der Waals surface area contributed by atoms with E-state index in [9.17, 15) is 25.0 Å². The molecule has 0 aliphatic heterocycles. The number of aromatic nitrogens is 2. The molecule has 2 aromatic heterocycles. The lowest BCUT2D eigenvalue weighted by atomic mass is 10.1. The van der Waals surface area contributed by atoms with Gasteiger partial charge in [0.05, 0.1) is 27.0 Å². The summed E-state index contributed by atoms with van der Waals surface area (Å²) in [6.07, 6.45) is 1.25. The fourth-order valence-electron chi connectivity index (χ4n) is 4.49. The number of ether oxygens (including phenoxy) is 1. The van der Waals surface area contributed by atoms with Crippen LogP contribution in [0.2, 0.25) is 5.02 Å². The average Bonchev–Trinajstić information content (AvgIpc) is 3.43. The topological polar surface area (TPSA) is 156 Å². The molecule has 14 heteroatoms. The molecular weight excluding hydrogens is 658 g/mol. The molecule has 0 fully saturated rings. The molecule has 0 atom stereocenters. The minimum absolute atomic E-state index is 0.0927. The predicted molar refractivity (Wildman–Crippen MR) is 167 cm³/mol. The first-order valence-corrected chi connectivity index (χ1v) is 13.9. The number of hydrogen-bond donors (Lipinski definition) is 0. The molecule has 0 saturated carbocycles. The van der Waals surface area contributed by atoms with Crippen LogP contribution in [0.5, 0.6) is 5.75 Å². The Morgan fingerprint density at radius 2 is 1.77 bits per heavy atom. The van der Waals surface area contributed by atoms with Crippen molar-refractivity contribution < 1.29 is 19.0 Å². The van der Waals surface area contributed by atoms with E-state index in [4.69, 9.17) is 20.8 Å². The van der Waals surface area contributed by atoms with E-state index in [0.29, 0.717) is 36.9 Å². The first-order chi connectivity index (χ1) is 21.2. The van der Waals surface area contributed by atoms with Gasteiger partial charge in [0, 0.05) is 38.6 Å². The summed E-state index contributed by atoms with van der Waals surface area (Å²) in [6, 6.07) is 21.9. The molecular formula is C30H17BrClN5O7. The van der Waals surface area contributed by atoms with Crippen LogP contribution in [0.4, 0.5) is 11.4 Å². The van der Waals surface area contributed by atoms with Crippen molar-refractivity contribution in [3.63, 3.8) is 0 Å². The number of nitro groups is 2. The quantitative estimate of drug-likeness (QED) is 0.0913. The van der Waals surface area contributed by atoms with Crippen molar-refractivity contribution in [3.8, 4) is 17.3 Å². The smallest absolute Gasteiger partial charge is 0.312 e. The summed E-state index contributed by atoms with van der Waals surface area (Å²) in [5, 5.41) is 28.9. The molecule has 4 aromatic carbocycles. The first-order valence-electron chi connectivity index (χ1n) is 12.8. The van der Waals surface area contributed by atoms with E-state index in [2.05, 4.69) is 26.0 Å². The molecule has 44 heavy (non-hydrogen) atoms. The zero-order chi connectivity index (χ0) is 31.0. The van der Waals surface area contributed by atoms with Gasteiger partial charge in [-0.15, -0.1) is 0 Å². The van der Waals surface area contributed by atoms with Gasteiger partial charge in [0.1, 0.15) is 12.2 Å². The Labute approximate surface area is 260 Å². The van der Waals surface area contributed by atoms with E-state index in [-0.39, 0.29) is 40.9 Å². The second-order valence-electron chi connectivity index (χ2n) is 9.42. The predicted octanol–water partition coefficient (Wildman–Crippen LogP) is 7.50. The van der Waals surface area contributed by atoms with Gasteiger partial charge < -0.3 is 9.15 Å². The van der Waals surface area contributed by atoms with Crippen LogP contribution < -0.4 is 10.3 Å². The number of nitro benzene ring substituents is 2. The van der Waals surface area contributed by atoms with Crippen molar-refractivity contribution in [2.75, 3.05) is 0 Å². The van der Waals surface area contributed by atoms with E-state index >= 15 is 0 Å². The number of rotatable bonds is 8. The Bertz CT molecular complexity index is 2200. The fraction of sp³-hybridized carbons (Fsp3) is 0.0333. The van der Waals surface area contributed by atoms with Crippen LogP contribution in [0, 0.1) is 20.2 Å². The summed E-state index contributed by atoms with van der Waals surface area (Å²) in [5.74, 6) is 0.217. The minimum atomic E-state index is -0.609. The fourth-order valence-corrected chi connectivity index (χ4v) is 5.14. The van der Waals surface area contributed by atoms with E-state index < -0.39 is 15.4 Å². The highest BCUT2D eigenvalue weighted by Gasteiger charge is 2.22. The van der Waals surface area contributed by atoms with Crippen molar-refractivity contribution in [3.05, 3.63) is 136 Å². The summed E-state index contributed by atoms with van der Waals surface area (Å²) < 4.78 is 13.3. The SMILES string of the molecule is O=c1c2ccccc2nc(-c2cc3cc(Cl)ccc3o2)n1N=Cc1cc(Br)cc([N+](=O)[O-])c1OCc1ccc([N+](=O)[O-])cc1. The number of benzene rings is 4. The number of hydrogen-bond acceptors (Lipinski definition) is 9. The number of fused-ring (bicyclic) bond motifs is 2. The monoisotopic (exact) mass is 673 g/mol. The van der Waals surface area contributed by atoms with Crippen LogP contribution in [0.15, 0.2) is 104 Å². The first kappa shape index (κ1) is 28.7. The molecule has 0 aliphatic carbocycles. The lowest BCUT2D eigenvalue weighted by Gasteiger charge is -2.11. The lowest BCUT2D eigenvalue weighted by Crippen LogP contribution is -2.20. The maximum atomic E-state index is 13.7. The Morgan fingerprint density at radius 1 is 1.00 bits per heavy atom. The zero-order valence-electron chi connectivity index (χ0n) is 22.2. The maximum Gasteiger partial charge on any atom is 0.312 e. The average molecular weight is 675 g/mol. The van der Waals surface area contributed by atoms with Crippen LogP contribution in [0.1, 0.15) is 11.1 Å². The van der Waals surface area contributed by atoms with Crippen LogP contribution in [-0.2, 0) is 6.61 Å². The number of nitrogens with zero attached hydrogens (tertiary/aromatic N) is 5. The van der Waals surface area contributed by atoms with Gasteiger partial charge in [0.2, 0.25) is 11.6 Å². The van der Waals surface area contributed by atoms with Crippen molar-refractivity contribution >= 4 is 67.0 Å². The third kappa shape index (κ3) is 5.65. The molecule has 6 aromatic rings. The summed E-state index contributed by atoms with van der Waals surface area (Å²) in [6.45, 7) is -0.133. The number of furan rings is 1. The lowest BCUT2D eigenvalue weighted by molar-refractivity contribution is -0.386. The van der Waals surface area contributed by atoms with Gasteiger partial charge in [-0.1, -0.05) is 39.7 Å². The summed E-state index contributed by atoms with van der Waals surface area (Å²) in [7, 11) is 0. The van der Waals surface area contributed by atoms with Gasteiger partial charge in [-0.05, 0) is 60.2 Å². The van der Waals surface area contributed by atoms with E-state index in [1.807, 2.05) is 0 Å². The molecule has 0 saturated heterocycles.